The van der Waals surface area contributed by atoms with Gasteiger partial charge >= 0.3 is 0 Å². The second-order valence-corrected chi connectivity index (χ2v) is 7.25. The highest BCUT2D eigenvalue weighted by atomic mass is 16.5. The van der Waals surface area contributed by atoms with Crippen LogP contribution in [0.15, 0.2) is 22.6 Å². The number of amides is 2. The molecule has 4 rings (SSSR count). The maximum atomic E-state index is 12.5. The number of hydrogen-bond donors (Lipinski definition) is 1. The van der Waals surface area contributed by atoms with Crippen LogP contribution in [-0.4, -0.2) is 61.5 Å². The first-order valence-electron chi connectivity index (χ1n) is 9.89. The third kappa shape index (κ3) is 4.80. The average molecular weight is 396 g/mol. The molecule has 29 heavy (non-hydrogen) atoms. The Labute approximate surface area is 169 Å². The third-order valence-electron chi connectivity index (χ3n) is 5.05. The van der Waals surface area contributed by atoms with Crippen LogP contribution in [0.3, 0.4) is 0 Å². The van der Waals surface area contributed by atoms with Gasteiger partial charge in [0.15, 0.2) is 5.58 Å². The van der Waals surface area contributed by atoms with Crippen LogP contribution < -0.4 is 15.0 Å². The smallest absolute Gasteiger partial charge is 0.298 e. The first kappa shape index (κ1) is 19.1. The molecule has 8 heteroatoms. The van der Waals surface area contributed by atoms with Gasteiger partial charge in [0, 0.05) is 51.1 Å². The molecule has 2 aromatic rings. The fourth-order valence-corrected chi connectivity index (χ4v) is 3.14. The maximum Gasteiger partial charge on any atom is 0.298 e. The molecule has 1 aliphatic carbocycles. The molecule has 1 saturated carbocycles. The van der Waals surface area contributed by atoms with E-state index in [0.717, 1.165) is 12.8 Å². The lowest BCUT2D eigenvalue weighted by molar-refractivity contribution is -0.126. The molecule has 2 aliphatic rings. The molecule has 2 amide bonds. The molecule has 0 unspecified atom stereocenters. The molecule has 0 spiro atoms. The second-order valence-electron chi connectivity index (χ2n) is 7.25. The van der Waals surface area contributed by atoms with Crippen molar-refractivity contribution in [1.29, 1.82) is 0 Å². The number of anilines is 1. The molecular formula is C21H24N4O4. The zero-order valence-corrected chi connectivity index (χ0v) is 16.4. The predicted molar refractivity (Wildman–Crippen MR) is 107 cm³/mol. The van der Waals surface area contributed by atoms with Crippen LogP contribution in [0.25, 0.3) is 11.1 Å². The highest BCUT2D eigenvalue weighted by Crippen LogP contribution is 2.27. The predicted octanol–water partition coefficient (Wildman–Crippen LogP) is 1.40. The van der Waals surface area contributed by atoms with Crippen molar-refractivity contribution in [2.75, 3.05) is 44.7 Å². The Kier molecular flexibility index (Phi) is 5.56. The van der Waals surface area contributed by atoms with Gasteiger partial charge in [0.1, 0.15) is 11.3 Å². The normalized spacial score (nSPS) is 18.0. The van der Waals surface area contributed by atoms with E-state index in [0.29, 0.717) is 61.5 Å². The fourth-order valence-electron chi connectivity index (χ4n) is 3.14. The summed E-state index contributed by atoms with van der Waals surface area (Å²) in [5, 5.41) is 2.88. The molecule has 0 radical (unpaired) electrons. The average Bonchev–Trinajstić information content (AvgIpc) is 3.47. The third-order valence-corrected chi connectivity index (χ3v) is 5.05. The highest BCUT2D eigenvalue weighted by Gasteiger charge is 2.22. The molecule has 1 aromatic heterocycles. The number of carbonyl (C=O) groups is 2. The van der Waals surface area contributed by atoms with E-state index in [9.17, 15) is 9.59 Å². The SMILES string of the molecule is COc1ccc2oc(N3CCNC(=O)CCN(C(=O)C#CC4CC4)CC3)nc2c1. The van der Waals surface area contributed by atoms with Crippen LogP contribution in [0.4, 0.5) is 6.01 Å². The van der Waals surface area contributed by atoms with Crippen molar-refractivity contribution in [1.82, 2.24) is 15.2 Å². The molecule has 0 bridgehead atoms. The van der Waals surface area contributed by atoms with E-state index in [1.807, 2.05) is 23.1 Å². The van der Waals surface area contributed by atoms with E-state index >= 15 is 0 Å². The largest absolute Gasteiger partial charge is 0.497 e. The van der Waals surface area contributed by atoms with Gasteiger partial charge in [-0.05, 0) is 30.9 Å². The second kappa shape index (κ2) is 8.43. The van der Waals surface area contributed by atoms with Gasteiger partial charge in [-0.15, -0.1) is 0 Å². The van der Waals surface area contributed by atoms with E-state index in [1.165, 1.54) is 0 Å². The zero-order chi connectivity index (χ0) is 20.2. The number of nitrogens with one attached hydrogen (secondary N) is 1. The monoisotopic (exact) mass is 396 g/mol. The van der Waals surface area contributed by atoms with Crippen molar-refractivity contribution in [2.45, 2.75) is 19.3 Å². The summed E-state index contributed by atoms with van der Waals surface area (Å²) in [5.74, 6) is 6.49. The van der Waals surface area contributed by atoms with Crippen LogP contribution in [0.1, 0.15) is 19.3 Å². The molecule has 2 heterocycles. The number of methoxy groups -OCH3 is 1. The van der Waals surface area contributed by atoms with E-state index in [2.05, 4.69) is 22.1 Å². The van der Waals surface area contributed by atoms with Gasteiger partial charge in [-0.25, -0.2) is 0 Å². The summed E-state index contributed by atoms with van der Waals surface area (Å²) in [6, 6.07) is 5.91. The van der Waals surface area contributed by atoms with Gasteiger partial charge in [0.2, 0.25) is 5.91 Å². The number of carbonyl (C=O) groups excluding carboxylic acids is 2. The summed E-state index contributed by atoms with van der Waals surface area (Å²) in [4.78, 5) is 32.7. The zero-order valence-electron chi connectivity index (χ0n) is 16.4. The topological polar surface area (TPSA) is 87.9 Å². The van der Waals surface area contributed by atoms with E-state index in [-0.39, 0.29) is 18.2 Å². The minimum absolute atomic E-state index is 0.0814. The van der Waals surface area contributed by atoms with E-state index < -0.39 is 0 Å². The highest BCUT2D eigenvalue weighted by molar-refractivity contribution is 5.94. The Morgan fingerprint density at radius 3 is 2.93 bits per heavy atom. The van der Waals surface area contributed by atoms with Crippen LogP contribution in [-0.2, 0) is 9.59 Å². The molecule has 152 valence electrons. The number of benzene rings is 1. The molecule has 0 atom stereocenters. The molecular weight excluding hydrogens is 372 g/mol. The van der Waals surface area contributed by atoms with Gasteiger partial charge in [0.05, 0.1) is 7.11 Å². The number of hydrogen-bond acceptors (Lipinski definition) is 6. The van der Waals surface area contributed by atoms with Crippen LogP contribution in [0.2, 0.25) is 0 Å². The number of rotatable bonds is 2. The lowest BCUT2D eigenvalue weighted by atomic mass is 10.3. The number of oxazole rings is 1. The summed E-state index contributed by atoms with van der Waals surface area (Å²) in [7, 11) is 1.60. The van der Waals surface area contributed by atoms with Crippen LogP contribution >= 0.6 is 0 Å². The number of ether oxygens (including phenoxy) is 1. The van der Waals surface area contributed by atoms with Crippen LogP contribution in [0, 0.1) is 17.8 Å². The van der Waals surface area contributed by atoms with Gasteiger partial charge in [-0.3, -0.25) is 9.59 Å². The lowest BCUT2D eigenvalue weighted by Gasteiger charge is -2.27. The van der Waals surface area contributed by atoms with Crippen LogP contribution in [0.5, 0.6) is 5.75 Å². The summed E-state index contributed by atoms with van der Waals surface area (Å²) in [5.41, 5.74) is 1.36. The summed E-state index contributed by atoms with van der Waals surface area (Å²) in [6.45, 7) is 2.36. The van der Waals surface area contributed by atoms with Crippen molar-refractivity contribution in [3.05, 3.63) is 18.2 Å². The first-order chi connectivity index (χ1) is 14.1. The summed E-state index contributed by atoms with van der Waals surface area (Å²) in [6.07, 6.45) is 2.41. The Hall–Kier alpha value is -3.21. The van der Waals surface area contributed by atoms with Gasteiger partial charge in [0.25, 0.3) is 11.9 Å². The van der Waals surface area contributed by atoms with Gasteiger partial charge < -0.3 is 24.3 Å². The Bertz CT molecular complexity index is 970. The Balaban J connectivity index is 1.52. The molecule has 2 fully saturated rings. The van der Waals surface area contributed by atoms with Crippen molar-refractivity contribution < 1.29 is 18.7 Å². The molecule has 1 aliphatic heterocycles. The fraction of sp³-hybridized carbons (Fsp3) is 0.476. The maximum absolute atomic E-state index is 12.5. The molecule has 1 aromatic carbocycles. The number of fused-ring (bicyclic) bond motifs is 1. The summed E-state index contributed by atoms with van der Waals surface area (Å²) >= 11 is 0. The van der Waals surface area contributed by atoms with Gasteiger partial charge in [-0.1, -0.05) is 5.92 Å². The van der Waals surface area contributed by atoms with E-state index in [4.69, 9.17) is 9.15 Å². The van der Waals surface area contributed by atoms with Gasteiger partial charge in [-0.2, -0.15) is 4.98 Å². The number of nitrogens with zero attached hydrogens (tertiary/aromatic N) is 3. The molecule has 8 nitrogen and oxygen atoms in total. The molecule has 1 N–H and O–H groups in total. The Morgan fingerprint density at radius 1 is 1.28 bits per heavy atom. The first-order valence-corrected chi connectivity index (χ1v) is 9.89. The quantitative estimate of drug-likeness (QED) is 0.773. The standard InChI is InChI=1S/C21H24N4O4/c1-28-16-5-6-18-17(14-16)23-21(29-18)25-11-9-22-19(26)8-10-24(12-13-25)20(27)7-4-15-2-3-15/h5-6,14-15H,2-3,8-13H2,1H3,(H,22,26). The summed E-state index contributed by atoms with van der Waals surface area (Å²) < 4.78 is 11.1. The van der Waals surface area contributed by atoms with Crippen molar-refractivity contribution in [3.8, 4) is 17.6 Å². The minimum Gasteiger partial charge on any atom is -0.497 e. The lowest BCUT2D eigenvalue weighted by Crippen LogP contribution is -2.45. The molecule has 1 saturated heterocycles. The minimum atomic E-state index is -0.229. The van der Waals surface area contributed by atoms with Crippen molar-refractivity contribution in [3.63, 3.8) is 0 Å². The Morgan fingerprint density at radius 2 is 2.14 bits per heavy atom. The van der Waals surface area contributed by atoms with E-state index in [1.54, 1.807) is 12.0 Å². The van der Waals surface area contributed by atoms with Crippen molar-refractivity contribution in [2.24, 2.45) is 5.92 Å². The number of aromatic nitrogens is 1. The van der Waals surface area contributed by atoms with Crippen molar-refractivity contribution >= 4 is 28.9 Å².